The first-order chi connectivity index (χ1) is 6.02. The van der Waals surface area contributed by atoms with E-state index in [1.165, 1.54) is 12.1 Å². The van der Waals surface area contributed by atoms with E-state index >= 15 is 0 Å². The zero-order valence-corrected chi connectivity index (χ0v) is 8.08. The molecule has 2 N–H and O–H groups in total. The predicted octanol–water partition coefficient (Wildman–Crippen LogP) is 1.28. The van der Waals surface area contributed by atoms with Crippen molar-refractivity contribution >= 4 is 9.84 Å². The van der Waals surface area contributed by atoms with E-state index in [9.17, 15) is 8.42 Å². The highest BCUT2D eigenvalue weighted by molar-refractivity contribution is 7.94. The third-order valence-electron chi connectivity index (χ3n) is 1.41. The quantitative estimate of drug-likeness (QED) is 0.777. The van der Waals surface area contributed by atoms with Crippen molar-refractivity contribution in [1.82, 2.24) is 0 Å². The van der Waals surface area contributed by atoms with Gasteiger partial charge in [0, 0.05) is 5.70 Å². The molecule has 13 heavy (non-hydrogen) atoms. The Morgan fingerprint density at radius 3 is 2.31 bits per heavy atom. The van der Waals surface area contributed by atoms with Crippen molar-refractivity contribution in [2.24, 2.45) is 5.73 Å². The van der Waals surface area contributed by atoms with Crippen LogP contribution in [-0.4, -0.2) is 8.42 Å². The second kappa shape index (κ2) is 3.62. The van der Waals surface area contributed by atoms with E-state index in [0.717, 1.165) is 5.41 Å². The number of nitrogens with two attached hydrogens (primary N) is 1. The average Bonchev–Trinajstić information content (AvgIpc) is 2.04. The highest BCUT2D eigenvalue weighted by Crippen LogP contribution is 2.11. The molecule has 0 aliphatic rings. The Morgan fingerprint density at radius 1 is 1.31 bits per heavy atom. The van der Waals surface area contributed by atoms with E-state index in [-0.39, 0.29) is 10.6 Å². The van der Waals surface area contributed by atoms with Crippen LogP contribution in [-0.2, 0) is 9.84 Å². The predicted molar refractivity (Wildman–Crippen MR) is 51.6 cm³/mol. The molecule has 0 atom stereocenters. The van der Waals surface area contributed by atoms with Crippen LogP contribution in [0.25, 0.3) is 0 Å². The van der Waals surface area contributed by atoms with Crippen LogP contribution in [0, 0.1) is 0 Å². The third kappa shape index (κ3) is 2.59. The molecule has 0 bridgehead atoms. The van der Waals surface area contributed by atoms with Gasteiger partial charge in [0.15, 0.2) is 0 Å². The highest BCUT2D eigenvalue weighted by atomic mass is 32.2. The highest BCUT2D eigenvalue weighted by Gasteiger charge is 2.09. The Kier molecular flexibility index (Phi) is 2.72. The van der Waals surface area contributed by atoms with Crippen molar-refractivity contribution in [3.63, 3.8) is 0 Å². The second-order valence-electron chi connectivity index (χ2n) is 2.72. The van der Waals surface area contributed by atoms with Crippen molar-refractivity contribution in [3.8, 4) is 0 Å². The molecule has 0 spiro atoms. The van der Waals surface area contributed by atoms with Gasteiger partial charge < -0.3 is 5.73 Å². The summed E-state index contributed by atoms with van der Waals surface area (Å²) in [5, 5.41) is 1.06. The summed E-state index contributed by atoms with van der Waals surface area (Å²) < 4.78 is 23.0. The van der Waals surface area contributed by atoms with Crippen LogP contribution >= 0.6 is 0 Å². The van der Waals surface area contributed by atoms with Crippen LogP contribution in [0.15, 0.2) is 46.3 Å². The molecular formula is C9H11NO2S. The van der Waals surface area contributed by atoms with Gasteiger partial charge in [-0.15, -0.1) is 0 Å². The lowest BCUT2D eigenvalue weighted by atomic mass is 10.4. The molecule has 0 aromatic heterocycles. The first-order valence-electron chi connectivity index (χ1n) is 3.76. The molecule has 0 radical (unpaired) electrons. The maximum atomic E-state index is 11.5. The van der Waals surface area contributed by atoms with Gasteiger partial charge in [-0.1, -0.05) is 18.2 Å². The Labute approximate surface area is 77.8 Å². The summed E-state index contributed by atoms with van der Waals surface area (Å²) in [6.07, 6.45) is 0. The van der Waals surface area contributed by atoms with Crippen LogP contribution in [0.3, 0.4) is 0 Å². The number of sulfone groups is 1. The van der Waals surface area contributed by atoms with Gasteiger partial charge in [0.25, 0.3) is 0 Å². The van der Waals surface area contributed by atoms with Gasteiger partial charge in [-0.3, -0.25) is 0 Å². The van der Waals surface area contributed by atoms with Gasteiger partial charge in [-0.25, -0.2) is 8.42 Å². The largest absolute Gasteiger partial charge is 0.402 e. The van der Waals surface area contributed by atoms with Crippen molar-refractivity contribution < 1.29 is 8.42 Å². The van der Waals surface area contributed by atoms with E-state index < -0.39 is 9.84 Å². The Balaban J connectivity index is 3.18. The molecule has 0 aliphatic carbocycles. The Morgan fingerprint density at radius 2 is 1.85 bits per heavy atom. The van der Waals surface area contributed by atoms with Gasteiger partial charge in [-0.05, 0) is 19.1 Å². The molecule has 0 heterocycles. The minimum absolute atomic E-state index is 0.264. The smallest absolute Gasteiger partial charge is 0.201 e. The van der Waals surface area contributed by atoms with Crippen LogP contribution in [0.2, 0.25) is 0 Å². The van der Waals surface area contributed by atoms with E-state index in [0.29, 0.717) is 0 Å². The molecule has 3 nitrogen and oxygen atoms in total. The first-order valence-corrected chi connectivity index (χ1v) is 5.31. The van der Waals surface area contributed by atoms with E-state index in [2.05, 4.69) is 0 Å². The van der Waals surface area contributed by atoms with Gasteiger partial charge in [0.1, 0.15) is 0 Å². The van der Waals surface area contributed by atoms with Crippen LogP contribution in [0.4, 0.5) is 0 Å². The van der Waals surface area contributed by atoms with Gasteiger partial charge in [0.05, 0.1) is 10.3 Å². The lowest BCUT2D eigenvalue weighted by Gasteiger charge is -1.98. The molecule has 0 saturated carbocycles. The summed E-state index contributed by atoms with van der Waals surface area (Å²) in [5.74, 6) is 0. The fourth-order valence-electron chi connectivity index (χ4n) is 0.923. The molecule has 0 unspecified atom stereocenters. The lowest BCUT2D eigenvalue weighted by molar-refractivity contribution is 0.604. The average molecular weight is 197 g/mol. The zero-order valence-electron chi connectivity index (χ0n) is 7.27. The number of benzene rings is 1. The van der Waals surface area contributed by atoms with Crippen molar-refractivity contribution in [2.75, 3.05) is 0 Å². The van der Waals surface area contributed by atoms with Gasteiger partial charge in [0.2, 0.25) is 9.84 Å². The number of hydrogen-bond donors (Lipinski definition) is 1. The summed E-state index contributed by atoms with van der Waals surface area (Å²) in [7, 11) is -3.35. The third-order valence-corrected chi connectivity index (χ3v) is 3.02. The summed E-state index contributed by atoms with van der Waals surface area (Å²) in [6, 6.07) is 8.18. The van der Waals surface area contributed by atoms with E-state index in [4.69, 9.17) is 5.73 Å². The van der Waals surface area contributed by atoms with E-state index in [1.54, 1.807) is 25.1 Å². The summed E-state index contributed by atoms with van der Waals surface area (Å²) in [4.78, 5) is 0.264. The standard InChI is InChI=1S/C9H11NO2S/c1-8(10)7-13(11,12)9-5-3-2-4-6-9/h2-7H,10H2,1H3. The summed E-state index contributed by atoms with van der Waals surface area (Å²) in [6.45, 7) is 1.54. The topological polar surface area (TPSA) is 60.2 Å². The molecule has 70 valence electrons. The summed E-state index contributed by atoms with van der Waals surface area (Å²) >= 11 is 0. The minimum Gasteiger partial charge on any atom is -0.402 e. The fourth-order valence-corrected chi connectivity index (χ4v) is 2.08. The summed E-state index contributed by atoms with van der Waals surface area (Å²) in [5.41, 5.74) is 5.58. The van der Waals surface area contributed by atoms with Crippen LogP contribution in [0.5, 0.6) is 0 Å². The number of rotatable bonds is 2. The van der Waals surface area contributed by atoms with E-state index in [1.807, 2.05) is 0 Å². The molecule has 1 aromatic carbocycles. The maximum Gasteiger partial charge on any atom is 0.201 e. The molecule has 0 fully saturated rings. The zero-order chi connectivity index (χ0) is 9.90. The van der Waals surface area contributed by atoms with Gasteiger partial charge >= 0.3 is 0 Å². The Bertz CT molecular complexity index is 403. The monoisotopic (exact) mass is 197 g/mol. The maximum absolute atomic E-state index is 11.5. The molecule has 1 rings (SSSR count). The molecule has 0 saturated heterocycles. The van der Waals surface area contributed by atoms with Crippen LogP contribution < -0.4 is 5.73 Å². The molecular weight excluding hydrogens is 186 g/mol. The van der Waals surface area contributed by atoms with Gasteiger partial charge in [-0.2, -0.15) is 0 Å². The molecule has 4 heteroatoms. The number of allylic oxidation sites excluding steroid dienone is 1. The molecule has 0 aliphatic heterocycles. The van der Waals surface area contributed by atoms with Crippen molar-refractivity contribution in [2.45, 2.75) is 11.8 Å². The van der Waals surface area contributed by atoms with Crippen molar-refractivity contribution in [3.05, 3.63) is 41.4 Å². The molecule has 0 amide bonds. The Hall–Kier alpha value is -1.29. The normalized spacial score (nSPS) is 12.8. The lowest BCUT2D eigenvalue weighted by Crippen LogP contribution is -2.00. The fraction of sp³-hybridized carbons (Fsp3) is 0.111. The SMILES string of the molecule is CC(N)=CS(=O)(=O)c1ccccc1. The van der Waals surface area contributed by atoms with Crippen LogP contribution in [0.1, 0.15) is 6.92 Å². The molecule has 1 aromatic rings. The van der Waals surface area contributed by atoms with Crippen molar-refractivity contribution in [1.29, 1.82) is 0 Å². The minimum atomic E-state index is -3.35. The second-order valence-corrected chi connectivity index (χ2v) is 4.52. The first kappa shape index (κ1) is 9.80. The number of hydrogen-bond acceptors (Lipinski definition) is 3.